The molecule has 1 aliphatic heterocycles. The number of benzene rings is 2. The van der Waals surface area contributed by atoms with Gasteiger partial charge in [0.15, 0.2) is 5.72 Å². The number of hydrogen-bond donors (Lipinski definition) is 1. The molecule has 0 aliphatic carbocycles. The zero-order valence-electron chi connectivity index (χ0n) is 18.0. The van der Waals surface area contributed by atoms with Gasteiger partial charge in [0.2, 0.25) is 0 Å². The number of ether oxygens (including phenoxy) is 1. The SMILES string of the molecule is CCC(N)(CC)ON=C(C)C=C1C(=O)N(c2ccc(OC)cc2)C1c1ccccc1. The average molecular weight is 408 g/mol. The molecule has 1 unspecified atom stereocenters. The van der Waals surface area contributed by atoms with Crippen molar-refractivity contribution in [2.75, 3.05) is 12.0 Å². The first-order valence-corrected chi connectivity index (χ1v) is 10.2. The summed E-state index contributed by atoms with van der Waals surface area (Å²) in [5.41, 5.74) is 8.47. The van der Waals surface area contributed by atoms with Gasteiger partial charge in [0, 0.05) is 24.1 Å². The zero-order chi connectivity index (χ0) is 21.7. The van der Waals surface area contributed by atoms with Crippen LogP contribution in [-0.2, 0) is 9.63 Å². The first-order chi connectivity index (χ1) is 14.4. The van der Waals surface area contributed by atoms with E-state index in [1.54, 1.807) is 18.1 Å². The predicted molar refractivity (Wildman–Crippen MR) is 119 cm³/mol. The topological polar surface area (TPSA) is 77.2 Å². The van der Waals surface area contributed by atoms with Crippen LogP contribution in [0, 0.1) is 0 Å². The number of oxime groups is 1. The second-order valence-electron chi connectivity index (χ2n) is 7.38. The fourth-order valence-electron chi connectivity index (χ4n) is 3.35. The van der Waals surface area contributed by atoms with Gasteiger partial charge < -0.3 is 9.57 Å². The van der Waals surface area contributed by atoms with E-state index in [1.165, 1.54) is 0 Å². The van der Waals surface area contributed by atoms with Crippen molar-refractivity contribution in [3.63, 3.8) is 0 Å². The number of carbonyl (C=O) groups excluding carboxylic acids is 1. The highest BCUT2D eigenvalue weighted by Gasteiger charge is 2.43. The molecule has 0 radical (unpaired) electrons. The summed E-state index contributed by atoms with van der Waals surface area (Å²) in [6, 6.07) is 17.2. The molecular weight excluding hydrogens is 378 g/mol. The summed E-state index contributed by atoms with van der Waals surface area (Å²) in [7, 11) is 1.62. The van der Waals surface area contributed by atoms with Gasteiger partial charge in [-0.3, -0.25) is 15.4 Å². The van der Waals surface area contributed by atoms with Crippen molar-refractivity contribution in [3.05, 3.63) is 71.8 Å². The molecule has 2 aromatic carbocycles. The summed E-state index contributed by atoms with van der Waals surface area (Å²) in [5.74, 6) is 0.685. The number of methoxy groups -OCH3 is 1. The second kappa shape index (κ2) is 9.13. The second-order valence-corrected chi connectivity index (χ2v) is 7.38. The Bertz CT molecular complexity index is 932. The minimum Gasteiger partial charge on any atom is -0.497 e. The number of nitrogens with zero attached hydrogens (tertiary/aromatic N) is 2. The van der Waals surface area contributed by atoms with E-state index in [4.69, 9.17) is 15.3 Å². The minimum atomic E-state index is -0.794. The molecule has 30 heavy (non-hydrogen) atoms. The zero-order valence-corrected chi connectivity index (χ0v) is 18.0. The molecule has 1 saturated heterocycles. The molecule has 1 aliphatic rings. The maximum Gasteiger partial charge on any atom is 0.257 e. The molecule has 0 spiro atoms. The van der Waals surface area contributed by atoms with Crippen LogP contribution < -0.4 is 15.4 Å². The first-order valence-electron chi connectivity index (χ1n) is 10.2. The Balaban J connectivity index is 1.92. The lowest BCUT2D eigenvalue weighted by Gasteiger charge is -2.43. The van der Waals surface area contributed by atoms with E-state index >= 15 is 0 Å². The van der Waals surface area contributed by atoms with Crippen molar-refractivity contribution in [2.45, 2.75) is 45.4 Å². The number of carbonyl (C=O) groups is 1. The number of allylic oxidation sites excluding steroid dienone is 1. The van der Waals surface area contributed by atoms with Crippen LogP contribution in [0.5, 0.6) is 5.75 Å². The number of hydrogen-bond acceptors (Lipinski definition) is 5. The van der Waals surface area contributed by atoms with Crippen molar-refractivity contribution in [2.24, 2.45) is 10.9 Å². The van der Waals surface area contributed by atoms with E-state index in [9.17, 15) is 4.79 Å². The third kappa shape index (κ3) is 4.39. The van der Waals surface area contributed by atoms with Crippen molar-refractivity contribution in [3.8, 4) is 5.75 Å². The third-order valence-electron chi connectivity index (χ3n) is 5.42. The normalized spacial score (nSPS) is 18.4. The van der Waals surface area contributed by atoms with Gasteiger partial charge in [0.1, 0.15) is 5.75 Å². The molecule has 2 N–H and O–H groups in total. The van der Waals surface area contributed by atoms with Gasteiger partial charge in [-0.1, -0.05) is 49.3 Å². The van der Waals surface area contributed by atoms with E-state index < -0.39 is 5.72 Å². The summed E-state index contributed by atoms with van der Waals surface area (Å²) in [4.78, 5) is 20.4. The number of β-lactam (4-membered cyclic amide) rings is 1. The molecule has 6 heteroatoms. The van der Waals surface area contributed by atoms with Crippen LogP contribution >= 0.6 is 0 Å². The Labute approximate surface area is 178 Å². The van der Waals surface area contributed by atoms with Gasteiger partial charge in [0.05, 0.1) is 18.9 Å². The summed E-state index contributed by atoms with van der Waals surface area (Å²) in [6.45, 7) is 5.73. The van der Waals surface area contributed by atoms with Crippen molar-refractivity contribution in [1.29, 1.82) is 0 Å². The van der Waals surface area contributed by atoms with E-state index in [0.717, 1.165) is 17.0 Å². The number of nitrogens with two attached hydrogens (primary N) is 1. The van der Waals surface area contributed by atoms with Crippen LogP contribution in [0.4, 0.5) is 5.69 Å². The highest BCUT2D eigenvalue weighted by molar-refractivity contribution is 6.18. The maximum atomic E-state index is 13.1. The Morgan fingerprint density at radius 1 is 1.13 bits per heavy atom. The predicted octanol–water partition coefficient (Wildman–Crippen LogP) is 4.58. The van der Waals surface area contributed by atoms with Crippen molar-refractivity contribution in [1.82, 2.24) is 0 Å². The highest BCUT2D eigenvalue weighted by atomic mass is 16.7. The molecule has 158 valence electrons. The van der Waals surface area contributed by atoms with Crippen molar-refractivity contribution < 1.29 is 14.4 Å². The lowest BCUT2D eigenvalue weighted by atomic mass is 9.86. The van der Waals surface area contributed by atoms with Gasteiger partial charge >= 0.3 is 0 Å². The Morgan fingerprint density at radius 3 is 2.33 bits per heavy atom. The standard InChI is InChI=1S/C24H29N3O3/c1-5-24(25,6-2)30-26-17(3)16-21-22(18-10-8-7-9-11-18)27(23(21)28)19-12-14-20(29-4)15-13-19/h7-16,22H,5-6,25H2,1-4H3. The molecule has 1 fully saturated rings. The van der Waals surface area contributed by atoms with Crippen LogP contribution in [0.2, 0.25) is 0 Å². The summed E-state index contributed by atoms with van der Waals surface area (Å²) in [5, 5.41) is 4.17. The Hall–Kier alpha value is -3.12. The lowest BCUT2D eigenvalue weighted by Crippen LogP contribution is -2.49. The Kier molecular flexibility index (Phi) is 6.57. The van der Waals surface area contributed by atoms with Crippen LogP contribution in [0.15, 0.2) is 71.4 Å². The van der Waals surface area contributed by atoms with Gasteiger partial charge in [-0.2, -0.15) is 0 Å². The molecule has 0 bridgehead atoms. The quantitative estimate of drug-likeness (QED) is 0.228. The van der Waals surface area contributed by atoms with E-state index in [0.29, 0.717) is 24.1 Å². The number of anilines is 1. The number of amides is 1. The van der Waals surface area contributed by atoms with Crippen LogP contribution in [0.1, 0.15) is 45.2 Å². The molecule has 6 nitrogen and oxygen atoms in total. The lowest BCUT2D eigenvalue weighted by molar-refractivity contribution is -0.119. The van der Waals surface area contributed by atoms with Gasteiger partial charge in [-0.05, 0) is 42.8 Å². The smallest absolute Gasteiger partial charge is 0.257 e. The first kappa shape index (κ1) is 21.6. The molecule has 1 amide bonds. The van der Waals surface area contributed by atoms with Crippen molar-refractivity contribution >= 4 is 17.3 Å². The summed E-state index contributed by atoms with van der Waals surface area (Å²) >= 11 is 0. The summed E-state index contributed by atoms with van der Waals surface area (Å²) < 4.78 is 5.23. The fourth-order valence-corrected chi connectivity index (χ4v) is 3.35. The third-order valence-corrected chi connectivity index (χ3v) is 5.42. The van der Waals surface area contributed by atoms with Gasteiger partial charge in [0.25, 0.3) is 5.91 Å². The van der Waals surface area contributed by atoms with E-state index in [1.807, 2.05) is 75.4 Å². The van der Waals surface area contributed by atoms with Crippen LogP contribution in [-0.4, -0.2) is 24.5 Å². The Morgan fingerprint density at radius 2 is 1.77 bits per heavy atom. The molecule has 2 aromatic rings. The molecule has 3 rings (SSSR count). The maximum absolute atomic E-state index is 13.1. The number of rotatable bonds is 8. The highest BCUT2D eigenvalue weighted by Crippen LogP contribution is 2.43. The molecule has 1 atom stereocenters. The van der Waals surface area contributed by atoms with Gasteiger partial charge in [-0.25, -0.2) is 0 Å². The van der Waals surface area contributed by atoms with Gasteiger partial charge in [-0.15, -0.1) is 0 Å². The van der Waals surface area contributed by atoms with E-state index in [2.05, 4.69) is 5.16 Å². The largest absolute Gasteiger partial charge is 0.497 e. The molecule has 0 aromatic heterocycles. The summed E-state index contributed by atoms with van der Waals surface area (Å²) in [6.07, 6.45) is 3.08. The average Bonchev–Trinajstić information content (AvgIpc) is 2.80. The fraction of sp³-hybridized carbons (Fsp3) is 0.333. The minimum absolute atomic E-state index is 0.0615. The van der Waals surface area contributed by atoms with E-state index in [-0.39, 0.29) is 11.9 Å². The molecular formula is C24H29N3O3. The monoisotopic (exact) mass is 407 g/mol. The molecule has 1 heterocycles. The molecule has 0 saturated carbocycles. The van der Waals surface area contributed by atoms with Crippen LogP contribution in [0.3, 0.4) is 0 Å². The van der Waals surface area contributed by atoms with Crippen LogP contribution in [0.25, 0.3) is 0 Å².